The summed E-state index contributed by atoms with van der Waals surface area (Å²) in [4.78, 5) is 11.5. The summed E-state index contributed by atoms with van der Waals surface area (Å²) in [5.74, 6) is -0.0938. The third kappa shape index (κ3) is 4.56. The predicted molar refractivity (Wildman–Crippen MR) is 93.9 cm³/mol. The molecule has 2 aromatic rings. The number of aryl methyl sites for hydroxylation is 1. The standard InChI is InChI=1S/C16H17BrN2O3S/c1-11-9-14(7-8-15(11)17)23(21,22)19-13-5-3-12(4-6-13)10-16(20)18-2/h3-9,19H,10H2,1-2H3,(H,18,20). The van der Waals surface area contributed by atoms with Gasteiger partial charge in [0, 0.05) is 17.2 Å². The van der Waals surface area contributed by atoms with Gasteiger partial charge in [0.1, 0.15) is 0 Å². The van der Waals surface area contributed by atoms with Crippen LogP contribution in [0, 0.1) is 6.92 Å². The van der Waals surface area contributed by atoms with Crippen molar-refractivity contribution in [1.29, 1.82) is 0 Å². The molecule has 0 fully saturated rings. The fraction of sp³-hybridized carbons (Fsp3) is 0.188. The molecule has 0 aromatic heterocycles. The zero-order valence-corrected chi connectivity index (χ0v) is 15.2. The van der Waals surface area contributed by atoms with Crippen LogP contribution in [-0.2, 0) is 21.2 Å². The van der Waals surface area contributed by atoms with E-state index in [1.807, 2.05) is 6.92 Å². The van der Waals surface area contributed by atoms with Crippen LogP contribution >= 0.6 is 15.9 Å². The lowest BCUT2D eigenvalue weighted by molar-refractivity contribution is -0.119. The Labute approximate surface area is 144 Å². The summed E-state index contributed by atoms with van der Waals surface area (Å²) < 4.78 is 28.2. The number of hydrogen-bond donors (Lipinski definition) is 2. The van der Waals surface area contributed by atoms with E-state index in [1.165, 1.54) is 0 Å². The summed E-state index contributed by atoms with van der Waals surface area (Å²) in [6.45, 7) is 1.83. The molecule has 0 heterocycles. The maximum absolute atomic E-state index is 12.4. The number of halogens is 1. The van der Waals surface area contributed by atoms with E-state index in [4.69, 9.17) is 0 Å². The molecule has 0 bridgehead atoms. The second kappa shape index (κ2) is 7.14. The minimum atomic E-state index is -3.64. The van der Waals surface area contributed by atoms with Crippen LogP contribution < -0.4 is 10.0 Å². The van der Waals surface area contributed by atoms with E-state index in [9.17, 15) is 13.2 Å². The molecule has 122 valence electrons. The molecule has 7 heteroatoms. The second-order valence-corrected chi connectivity index (χ2v) is 7.60. The Hall–Kier alpha value is -1.86. The van der Waals surface area contributed by atoms with Gasteiger partial charge in [0.05, 0.1) is 11.3 Å². The van der Waals surface area contributed by atoms with Crippen molar-refractivity contribution < 1.29 is 13.2 Å². The minimum absolute atomic E-state index is 0.0938. The van der Waals surface area contributed by atoms with Crippen molar-refractivity contribution in [2.24, 2.45) is 0 Å². The predicted octanol–water partition coefficient (Wildman–Crippen LogP) is 2.85. The van der Waals surface area contributed by atoms with E-state index in [1.54, 1.807) is 49.5 Å². The summed E-state index contributed by atoms with van der Waals surface area (Å²) in [7, 11) is -2.07. The Bertz CT molecular complexity index is 818. The lowest BCUT2D eigenvalue weighted by Gasteiger charge is -2.10. The average molecular weight is 397 g/mol. The lowest BCUT2D eigenvalue weighted by atomic mass is 10.1. The van der Waals surface area contributed by atoms with E-state index in [0.717, 1.165) is 15.6 Å². The van der Waals surface area contributed by atoms with Crippen LogP contribution in [0.4, 0.5) is 5.69 Å². The molecular weight excluding hydrogens is 380 g/mol. The molecule has 0 saturated carbocycles. The van der Waals surface area contributed by atoms with Crippen molar-refractivity contribution >= 4 is 37.5 Å². The van der Waals surface area contributed by atoms with Crippen molar-refractivity contribution in [3.8, 4) is 0 Å². The van der Waals surface area contributed by atoms with E-state index in [0.29, 0.717) is 5.69 Å². The zero-order valence-electron chi connectivity index (χ0n) is 12.8. The number of nitrogens with one attached hydrogen (secondary N) is 2. The van der Waals surface area contributed by atoms with Gasteiger partial charge < -0.3 is 5.32 Å². The third-order valence-corrected chi connectivity index (χ3v) is 5.56. The van der Waals surface area contributed by atoms with Crippen LogP contribution in [0.3, 0.4) is 0 Å². The van der Waals surface area contributed by atoms with E-state index < -0.39 is 10.0 Å². The molecule has 0 aliphatic carbocycles. The number of carbonyl (C=O) groups excluding carboxylic acids is 1. The average Bonchev–Trinajstić information content (AvgIpc) is 2.51. The highest BCUT2D eigenvalue weighted by Gasteiger charge is 2.15. The van der Waals surface area contributed by atoms with Crippen molar-refractivity contribution in [1.82, 2.24) is 5.32 Å². The van der Waals surface area contributed by atoms with Crippen molar-refractivity contribution in [3.63, 3.8) is 0 Å². The monoisotopic (exact) mass is 396 g/mol. The summed E-state index contributed by atoms with van der Waals surface area (Å²) >= 11 is 3.35. The van der Waals surface area contributed by atoms with E-state index in [2.05, 4.69) is 26.0 Å². The SMILES string of the molecule is CNC(=O)Cc1ccc(NS(=O)(=O)c2ccc(Br)c(C)c2)cc1. The first-order valence-electron chi connectivity index (χ1n) is 6.90. The Kier molecular flexibility index (Phi) is 5.43. The third-order valence-electron chi connectivity index (χ3n) is 3.29. The number of benzene rings is 2. The lowest BCUT2D eigenvalue weighted by Crippen LogP contribution is -2.19. The molecule has 0 unspecified atom stereocenters. The van der Waals surface area contributed by atoms with Gasteiger partial charge in [-0.25, -0.2) is 8.42 Å². The van der Waals surface area contributed by atoms with Gasteiger partial charge in [-0.05, 0) is 48.4 Å². The minimum Gasteiger partial charge on any atom is -0.359 e. The molecule has 2 aromatic carbocycles. The van der Waals surface area contributed by atoms with Gasteiger partial charge in [0.15, 0.2) is 0 Å². The maximum atomic E-state index is 12.4. The molecule has 0 spiro atoms. The maximum Gasteiger partial charge on any atom is 0.261 e. The van der Waals surface area contributed by atoms with Gasteiger partial charge in [-0.3, -0.25) is 9.52 Å². The molecule has 0 radical (unpaired) electrons. The van der Waals surface area contributed by atoms with Crippen molar-refractivity contribution in [2.75, 3.05) is 11.8 Å². The Morgan fingerprint density at radius 1 is 1.13 bits per heavy atom. The molecular formula is C16H17BrN2O3S. The fourth-order valence-corrected chi connectivity index (χ4v) is 3.35. The smallest absolute Gasteiger partial charge is 0.261 e. The van der Waals surface area contributed by atoms with Crippen LogP contribution in [0.5, 0.6) is 0 Å². The summed E-state index contributed by atoms with van der Waals surface area (Å²) in [6, 6.07) is 11.6. The van der Waals surface area contributed by atoms with Crippen LogP contribution in [0.1, 0.15) is 11.1 Å². The number of sulfonamides is 1. The number of likely N-dealkylation sites (N-methyl/N-ethyl adjacent to an activating group) is 1. The molecule has 23 heavy (non-hydrogen) atoms. The van der Waals surface area contributed by atoms with Gasteiger partial charge in [-0.2, -0.15) is 0 Å². The van der Waals surface area contributed by atoms with Gasteiger partial charge in [0.25, 0.3) is 10.0 Å². The Balaban J connectivity index is 2.17. The van der Waals surface area contributed by atoms with Gasteiger partial charge >= 0.3 is 0 Å². The number of anilines is 1. The summed E-state index contributed by atoms with van der Waals surface area (Å²) in [5, 5.41) is 2.54. The van der Waals surface area contributed by atoms with E-state index in [-0.39, 0.29) is 17.2 Å². The molecule has 0 atom stereocenters. The molecule has 0 aliphatic rings. The molecule has 2 rings (SSSR count). The molecule has 1 amide bonds. The Morgan fingerprint density at radius 3 is 2.35 bits per heavy atom. The van der Waals surface area contributed by atoms with E-state index >= 15 is 0 Å². The quantitative estimate of drug-likeness (QED) is 0.815. The van der Waals surface area contributed by atoms with Gasteiger partial charge in [0.2, 0.25) is 5.91 Å². The fourth-order valence-electron chi connectivity index (χ4n) is 1.96. The highest BCUT2D eigenvalue weighted by Crippen LogP contribution is 2.22. The first kappa shape index (κ1) is 17.5. The van der Waals surface area contributed by atoms with Crippen LogP contribution in [0.2, 0.25) is 0 Å². The molecule has 2 N–H and O–H groups in total. The highest BCUT2D eigenvalue weighted by atomic mass is 79.9. The number of amides is 1. The first-order chi connectivity index (χ1) is 10.8. The van der Waals surface area contributed by atoms with Crippen LogP contribution in [0.15, 0.2) is 51.8 Å². The van der Waals surface area contributed by atoms with Gasteiger partial charge in [-0.1, -0.05) is 28.1 Å². The number of rotatable bonds is 5. The normalized spacial score (nSPS) is 11.1. The Morgan fingerprint density at radius 2 is 1.78 bits per heavy atom. The van der Waals surface area contributed by atoms with Gasteiger partial charge in [-0.15, -0.1) is 0 Å². The number of carbonyl (C=O) groups is 1. The first-order valence-corrected chi connectivity index (χ1v) is 9.18. The molecule has 0 aliphatic heterocycles. The second-order valence-electron chi connectivity index (χ2n) is 5.06. The molecule has 5 nitrogen and oxygen atoms in total. The topological polar surface area (TPSA) is 75.3 Å². The van der Waals surface area contributed by atoms with Crippen molar-refractivity contribution in [2.45, 2.75) is 18.2 Å². The highest BCUT2D eigenvalue weighted by molar-refractivity contribution is 9.10. The van der Waals surface area contributed by atoms with Crippen LogP contribution in [0.25, 0.3) is 0 Å². The largest absolute Gasteiger partial charge is 0.359 e. The molecule has 0 saturated heterocycles. The zero-order chi connectivity index (χ0) is 17.0. The van der Waals surface area contributed by atoms with Crippen molar-refractivity contribution in [3.05, 3.63) is 58.1 Å². The summed E-state index contributed by atoms with van der Waals surface area (Å²) in [6.07, 6.45) is 0.259. The van der Waals surface area contributed by atoms with Crippen LogP contribution in [-0.4, -0.2) is 21.4 Å². The summed E-state index contributed by atoms with van der Waals surface area (Å²) in [5.41, 5.74) is 2.10. The number of hydrogen-bond acceptors (Lipinski definition) is 3.